The number of hydrogen-bond donors (Lipinski definition) is 1. The summed E-state index contributed by atoms with van der Waals surface area (Å²) in [4.78, 5) is 4.21. The van der Waals surface area contributed by atoms with Crippen LogP contribution in [0.25, 0.3) is 0 Å². The van der Waals surface area contributed by atoms with Crippen molar-refractivity contribution in [2.24, 2.45) is 11.1 Å². The van der Waals surface area contributed by atoms with E-state index >= 15 is 0 Å². The van der Waals surface area contributed by atoms with E-state index in [1.807, 2.05) is 6.07 Å². The molecule has 0 radical (unpaired) electrons. The van der Waals surface area contributed by atoms with Crippen LogP contribution in [0.5, 0.6) is 11.6 Å². The Morgan fingerprint density at radius 3 is 2.38 bits per heavy atom. The summed E-state index contributed by atoms with van der Waals surface area (Å²) in [6.07, 6.45) is 1.68. The van der Waals surface area contributed by atoms with Gasteiger partial charge in [0.25, 0.3) is 0 Å². The van der Waals surface area contributed by atoms with E-state index in [0.717, 1.165) is 11.3 Å². The Labute approximate surface area is 95.8 Å². The van der Waals surface area contributed by atoms with E-state index in [0.29, 0.717) is 5.88 Å². The van der Waals surface area contributed by atoms with Gasteiger partial charge in [0, 0.05) is 18.2 Å². The molecule has 4 heteroatoms. The van der Waals surface area contributed by atoms with Crippen LogP contribution in [0.4, 0.5) is 0 Å². The molecule has 0 saturated heterocycles. The molecule has 0 spiro atoms. The normalized spacial score (nSPS) is 26.3. The molecule has 1 fully saturated rings. The third-order valence-electron chi connectivity index (χ3n) is 3.55. The molecule has 0 aromatic carbocycles. The highest BCUT2D eigenvalue weighted by atomic mass is 16.5. The van der Waals surface area contributed by atoms with Gasteiger partial charge in [0.05, 0.1) is 19.8 Å². The van der Waals surface area contributed by atoms with E-state index in [4.69, 9.17) is 15.2 Å². The summed E-state index contributed by atoms with van der Waals surface area (Å²) < 4.78 is 10.6. The summed E-state index contributed by atoms with van der Waals surface area (Å²) in [5, 5.41) is 0. The second-order valence-electron chi connectivity index (χ2n) is 4.76. The number of aromatic nitrogens is 1. The summed E-state index contributed by atoms with van der Waals surface area (Å²) >= 11 is 0. The molecular formula is C12H18N2O2. The van der Waals surface area contributed by atoms with Gasteiger partial charge in [-0.2, -0.15) is 0 Å². The number of ether oxygens (including phenoxy) is 2. The van der Waals surface area contributed by atoms with Crippen molar-refractivity contribution in [3.63, 3.8) is 0 Å². The van der Waals surface area contributed by atoms with Crippen molar-refractivity contribution in [3.8, 4) is 11.6 Å². The number of pyridine rings is 1. The van der Waals surface area contributed by atoms with Gasteiger partial charge < -0.3 is 15.2 Å². The van der Waals surface area contributed by atoms with E-state index < -0.39 is 0 Å². The lowest BCUT2D eigenvalue weighted by Crippen LogP contribution is -2.07. The highest BCUT2D eigenvalue weighted by Crippen LogP contribution is 2.60. The monoisotopic (exact) mass is 222 g/mol. The van der Waals surface area contributed by atoms with Crippen molar-refractivity contribution in [2.75, 3.05) is 14.2 Å². The maximum Gasteiger partial charge on any atom is 0.220 e. The SMILES string of the molecule is COc1ccnc(OC)c1[C@H]1[C@H](N)C1(C)C. The van der Waals surface area contributed by atoms with Crippen LogP contribution < -0.4 is 15.2 Å². The average molecular weight is 222 g/mol. The molecule has 1 saturated carbocycles. The summed E-state index contributed by atoms with van der Waals surface area (Å²) in [5.74, 6) is 1.68. The van der Waals surface area contributed by atoms with Crippen molar-refractivity contribution < 1.29 is 9.47 Å². The van der Waals surface area contributed by atoms with Crippen LogP contribution in [0, 0.1) is 5.41 Å². The summed E-state index contributed by atoms with van der Waals surface area (Å²) in [6, 6.07) is 1.98. The molecule has 1 aliphatic carbocycles. The Morgan fingerprint density at radius 1 is 1.31 bits per heavy atom. The van der Waals surface area contributed by atoms with Gasteiger partial charge >= 0.3 is 0 Å². The highest BCUT2D eigenvalue weighted by molar-refractivity contribution is 5.49. The number of methoxy groups -OCH3 is 2. The summed E-state index contributed by atoms with van der Waals surface area (Å²) in [5.41, 5.74) is 7.16. The highest BCUT2D eigenvalue weighted by Gasteiger charge is 2.58. The quantitative estimate of drug-likeness (QED) is 0.843. The van der Waals surface area contributed by atoms with Crippen molar-refractivity contribution in [1.29, 1.82) is 0 Å². The Kier molecular flexibility index (Phi) is 2.54. The summed E-state index contributed by atoms with van der Waals surface area (Å²) in [6.45, 7) is 4.29. The first-order valence-electron chi connectivity index (χ1n) is 5.36. The van der Waals surface area contributed by atoms with Crippen molar-refractivity contribution >= 4 is 0 Å². The van der Waals surface area contributed by atoms with Gasteiger partial charge in [0.1, 0.15) is 5.75 Å². The molecular weight excluding hydrogens is 204 g/mol. The predicted molar refractivity (Wildman–Crippen MR) is 61.8 cm³/mol. The van der Waals surface area contributed by atoms with Gasteiger partial charge in [-0.1, -0.05) is 13.8 Å². The zero-order valence-electron chi connectivity index (χ0n) is 10.2. The molecule has 2 rings (SSSR count). The van der Waals surface area contributed by atoms with E-state index in [2.05, 4.69) is 18.8 Å². The van der Waals surface area contributed by atoms with E-state index in [1.165, 1.54) is 0 Å². The van der Waals surface area contributed by atoms with Gasteiger partial charge in [-0.05, 0) is 11.5 Å². The van der Waals surface area contributed by atoms with Gasteiger partial charge in [-0.15, -0.1) is 0 Å². The molecule has 2 N–H and O–H groups in total. The lowest BCUT2D eigenvalue weighted by Gasteiger charge is -2.12. The van der Waals surface area contributed by atoms with Crippen LogP contribution >= 0.6 is 0 Å². The maximum absolute atomic E-state index is 6.08. The Balaban J connectivity index is 2.47. The topological polar surface area (TPSA) is 57.4 Å². The molecule has 1 heterocycles. The maximum atomic E-state index is 6.08. The second-order valence-corrected chi connectivity index (χ2v) is 4.76. The Hall–Kier alpha value is -1.29. The molecule has 0 amide bonds. The van der Waals surface area contributed by atoms with Crippen LogP contribution in [0.1, 0.15) is 25.3 Å². The fourth-order valence-electron chi connectivity index (χ4n) is 2.29. The minimum atomic E-state index is 0.0869. The van der Waals surface area contributed by atoms with Crippen LogP contribution in [-0.2, 0) is 0 Å². The molecule has 0 bridgehead atoms. The molecule has 1 aromatic rings. The van der Waals surface area contributed by atoms with Crippen LogP contribution in [0.2, 0.25) is 0 Å². The average Bonchev–Trinajstić information content (AvgIpc) is 2.77. The van der Waals surface area contributed by atoms with Crippen LogP contribution in [0.15, 0.2) is 12.3 Å². The van der Waals surface area contributed by atoms with Gasteiger partial charge in [-0.25, -0.2) is 4.98 Å². The fraction of sp³-hybridized carbons (Fsp3) is 0.583. The minimum Gasteiger partial charge on any atom is -0.496 e. The predicted octanol–water partition coefficient (Wildman–Crippen LogP) is 1.55. The first-order valence-corrected chi connectivity index (χ1v) is 5.36. The van der Waals surface area contributed by atoms with Gasteiger partial charge in [-0.3, -0.25) is 0 Å². The minimum absolute atomic E-state index is 0.0869. The van der Waals surface area contributed by atoms with Crippen molar-refractivity contribution in [1.82, 2.24) is 4.98 Å². The molecule has 1 aliphatic rings. The largest absolute Gasteiger partial charge is 0.496 e. The molecule has 0 aliphatic heterocycles. The molecule has 4 nitrogen and oxygen atoms in total. The van der Waals surface area contributed by atoms with E-state index in [1.54, 1.807) is 20.4 Å². The van der Waals surface area contributed by atoms with E-state index in [-0.39, 0.29) is 17.4 Å². The number of nitrogens with two attached hydrogens (primary N) is 1. The van der Waals surface area contributed by atoms with Gasteiger partial charge in [0.2, 0.25) is 5.88 Å². The Bertz CT molecular complexity index is 382. The number of nitrogens with zero attached hydrogens (tertiary/aromatic N) is 1. The second kappa shape index (κ2) is 3.63. The standard InChI is InChI=1S/C12H18N2O2/c1-12(2)9(10(12)13)8-7(15-3)5-6-14-11(8)16-4/h5-6,9-10H,13H2,1-4H3/t9-,10-/m0/s1. The zero-order valence-corrected chi connectivity index (χ0v) is 10.2. The summed E-state index contributed by atoms with van der Waals surface area (Å²) in [7, 11) is 3.27. The number of rotatable bonds is 3. The third kappa shape index (κ3) is 1.45. The molecule has 0 unspecified atom stereocenters. The lowest BCUT2D eigenvalue weighted by atomic mass is 10.0. The zero-order chi connectivity index (χ0) is 11.9. The molecule has 88 valence electrons. The van der Waals surface area contributed by atoms with E-state index in [9.17, 15) is 0 Å². The number of hydrogen-bond acceptors (Lipinski definition) is 4. The van der Waals surface area contributed by atoms with Crippen LogP contribution in [-0.4, -0.2) is 25.2 Å². The van der Waals surface area contributed by atoms with Gasteiger partial charge in [0.15, 0.2) is 0 Å². The Morgan fingerprint density at radius 2 is 1.94 bits per heavy atom. The molecule has 16 heavy (non-hydrogen) atoms. The van der Waals surface area contributed by atoms with Crippen molar-refractivity contribution in [3.05, 3.63) is 17.8 Å². The molecule has 1 aromatic heterocycles. The fourth-order valence-corrected chi connectivity index (χ4v) is 2.29. The van der Waals surface area contributed by atoms with Crippen molar-refractivity contribution in [2.45, 2.75) is 25.8 Å². The first-order chi connectivity index (χ1) is 7.54. The lowest BCUT2D eigenvalue weighted by molar-refractivity contribution is 0.370. The van der Waals surface area contributed by atoms with Crippen LogP contribution in [0.3, 0.4) is 0 Å². The smallest absolute Gasteiger partial charge is 0.220 e. The third-order valence-corrected chi connectivity index (χ3v) is 3.55. The first kappa shape index (κ1) is 11.2. The molecule has 2 atom stereocenters.